The standard InChI is InChI=1S/C22H26N4O3S3/c1-10-11(2)31-21-16(10)20(29)24-15(25-21)9-30-12(3)19(28)26-22-17(18(23)27)13-7-5-4-6-8-14(13)32-22/h12H,4-9H2,1-3H3,(H2,23,27)(H,26,28)(H,24,25,29). The van der Waals surface area contributed by atoms with Gasteiger partial charge in [-0.05, 0) is 57.6 Å². The summed E-state index contributed by atoms with van der Waals surface area (Å²) in [5.41, 5.74) is 7.96. The van der Waals surface area contributed by atoms with Crippen molar-refractivity contribution in [2.75, 3.05) is 5.32 Å². The van der Waals surface area contributed by atoms with Crippen LogP contribution < -0.4 is 16.6 Å². The van der Waals surface area contributed by atoms with Crippen molar-refractivity contribution in [2.45, 2.75) is 63.9 Å². The molecule has 2 amide bonds. The Balaban J connectivity index is 1.47. The van der Waals surface area contributed by atoms with Crippen molar-refractivity contribution in [3.05, 3.63) is 42.6 Å². The van der Waals surface area contributed by atoms with E-state index in [1.807, 2.05) is 13.8 Å². The molecule has 0 bridgehead atoms. The monoisotopic (exact) mass is 490 g/mol. The third-order valence-electron chi connectivity index (χ3n) is 5.83. The van der Waals surface area contributed by atoms with Gasteiger partial charge < -0.3 is 16.0 Å². The number of hydrogen-bond acceptors (Lipinski definition) is 7. The Morgan fingerprint density at radius 1 is 1.22 bits per heavy atom. The first-order chi connectivity index (χ1) is 15.3. The van der Waals surface area contributed by atoms with E-state index in [-0.39, 0.29) is 11.5 Å². The molecular formula is C22H26N4O3S3. The number of rotatable bonds is 6. The number of nitrogens with two attached hydrogens (primary N) is 1. The molecule has 1 aliphatic rings. The van der Waals surface area contributed by atoms with Gasteiger partial charge in [0.25, 0.3) is 11.5 Å². The van der Waals surface area contributed by atoms with E-state index in [9.17, 15) is 14.4 Å². The Bertz CT molecular complexity index is 1260. The molecule has 170 valence electrons. The maximum Gasteiger partial charge on any atom is 0.259 e. The number of H-pyrrole nitrogens is 1. The molecule has 0 spiro atoms. The summed E-state index contributed by atoms with van der Waals surface area (Å²) < 4.78 is 0. The molecule has 0 saturated heterocycles. The molecule has 3 aromatic heterocycles. The number of aryl methyl sites for hydroxylation is 3. The zero-order chi connectivity index (χ0) is 23.0. The highest BCUT2D eigenvalue weighted by Crippen LogP contribution is 2.37. The number of fused-ring (bicyclic) bond motifs is 2. The summed E-state index contributed by atoms with van der Waals surface area (Å²) in [4.78, 5) is 47.8. The second kappa shape index (κ2) is 9.36. The van der Waals surface area contributed by atoms with E-state index in [0.29, 0.717) is 27.5 Å². The van der Waals surface area contributed by atoms with Crippen molar-refractivity contribution < 1.29 is 9.59 Å². The molecule has 0 radical (unpaired) electrons. The van der Waals surface area contributed by atoms with Gasteiger partial charge in [0.1, 0.15) is 15.7 Å². The molecule has 4 N–H and O–H groups in total. The molecule has 1 unspecified atom stereocenters. The van der Waals surface area contributed by atoms with Gasteiger partial charge in [0.15, 0.2) is 0 Å². The molecular weight excluding hydrogens is 464 g/mol. The van der Waals surface area contributed by atoms with E-state index in [1.54, 1.807) is 6.92 Å². The number of aromatic amines is 1. The number of nitrogens with zero attached hydrogens (tertiary/aromatic N) is 1. The second-order valence-electron chi connectivity index (χ2n) is 8.05. The van der Waals surface area contributed by atoms with Gasteiger partial charge in [0.2, 0.25) is 5.91 Å². The average molecular weight is 491 g/mol. The minimum Gasteiger partial charge on any atom is -0.365 e. The predicted molar refractivity (Wildman–Crippen MR) is 133 cm³/mol. The van der Waals surface area contributed by atoms with Crippen molar-refractivity contribution in [3.63, 3.8) is 0 Å². The Labute approximate surface area is 198 Å². The zero-order valence-corrected chi connectivity index (χ0v) is 20.7. The quantitative estimate of drug-likeness (QED) is 0.446. The Hall–Kier alpha value is -2.17. The van der Waals surface area contributed by atoms with Gasteiger partial charge in [-0.1, -0.05) is 6.42 Å². The summed E-state index contributed by atoms with van der Waals surface area (Å²) >= 11 is 4.36. The van der Waals surface area contributed by atoms with Crippen LogP contribution >= 0.6 is 34.4 Å². The van der Waals surface area contributed by atoms with Gasteiger partial charge in [0, 0.05) is 9.75 Å². The molecule has 1 aliphatic carbocycles. The van der Waals surface area contributed by atoms with Crippen LogP contribution in [0.4, 0.5) is 5.00 Å². The number of carbonyl (C=O) groups excluding carboxylic acids is 2. The summed E-state index contributed by atoms with van der Waals surface area (Å²) in [5, 5.41) is 3.72. The molecule has 7 nitrogen and oxygen atoms in total. The van der Waals surface area contributed by atoms with E-state index in [4.69, 9.17) is 5.73 Å². The maximum absolute atomic E-state index is 12.8. The van der Waals surface area contributed by atoms with E-state index in [1.165, 1.54) is 34.4 Å². The summed E-state index contributed by atoms with van der Waals surface area (Å²) in [6, 6.07) is 0. The predicted octanol–water partition coefficient (Wildman–Crippen LogP) is 4.29. The largest absolute Gasteiger partial charge is 0.365 e. The lowest BCUT2D eigenvalue weighted by Crippen LogP contribution is -2.24. The van der Waals surface area contributed by atoms with Crippen molar-refractivity contribution in [1.29, 1.82) is 0 Å². The molecule has 4 rings (SSSR count). The van der Waals surface area contributed by atoms with Crippen LogP contribution in [0.5, 0.6) is 0 Å². The van der Waals surface area contributed by atoms with Crippen LogP contribution in [0, 0.1) is 13.8 Å². The van der Waals surface area contributed by atoms with Crippen LogP contribution in [-0.4, -0.2) is 27.0 Å². The fourth-order valence-electron chi connectivity index (χ4n) is 3.95. The number of carbonyl (C=O) groups is 2. The SMILES string of the molecule is Cc1sc2nc(CSC(C)C(=O)Nc3sc4c(c3C(N)=O)CCCCC4)[nH]c(=O)c2c1C. The minimum atomic E-state index is -0.489. The topological polar surface area (TPSA) is 118 Å². The van der Waals surface area contributed by atoms with Crippen LogP contribution in [-0.2, 0) is 23.4 Å². The lowest BCUT2D eigenvalue weighted by Gasteiger charge is -2.12. The number of primary amides is 1. The molecule has 3 aromatic rings. The maximum atomic E-state index is 12.8. The molecule has 0 aromatic carbocycles. The summed E-state index contributed by atoms with van der Waals surface area (Å²) in [6.07, 6.45) is 5.01. The van der Waals surface area contributed by atoms with E-state index in [0.717, 1.165) is 57.8 Å². The lowest BCUT2D eigenvalue weighted by molar-refractivity contribution is -0.115. The van der Waals surface area contributed by atoms with E-state index >= 15 is 0 Å². The normalized spacial score (nSPS) is 14.7. The first-order valence-electron chi connectivity index (χ1n) is 10.6. The van der Waals surface area contributed by atoms with Gasteiger partial charge in [-0.15, -0.1) is 34.4 Å². The third kappa shape index (κ3) is 4.49. The number of amides is 2. The first kappa shape index (κ1) is 23.0. The molecule has 1 atom stereocenters. The fourth-order valence-corrected chi connectivity index (χ4v) is 7.05. The van der Waals surface area contributed by atoms with Gasteiger partial charge in [-0.3, -0.25) is 14.4 Å². The lowest BCUT2D eigenvalue weighted by atomic mass is 10.1. The highest BCUT2D eigenvalue weighted by molar-refractivity contribution is 7.99. The molecule has 0 saturated carbocycles. The van der Waals surface area contributed by atoms with Crippen LogP contribution in [0.2, 0.25) is 0 Å². The first-order valence-corrected chi connectivity index (χ1v) is 13.3. The number of hydrogen-bond donors (Lipinski definition) is 3. The van der Waals surface area contributed by atoms with Crippen LogP contribution in [0.1, 0.15) is 63.2 Å². The summed E-state index contributed by atoms with van der Waals surface area (Å²) in [6.45, 7) is 5.71. The average Bonchev–Trinajstić information content (AvgIpc) is 3.12. The zero-order valence-electron chi connectivity index (χ0n) is 18.3. The van der Waals surface area contributed by atoms with E-state index < -0.39 is 11.2 Å². The second-order valence-corrected chi connectivity index (χ2v) is 11.7. The Morgan fingerprint density at radius 2 is 1.97 bits per heavy atom. The summed E-state index contributed by atoms with van der Waals surface area (Å²) in [7, 11) is 0. The highest BCUT2D eigenvalue weighted by Gasteiger charge is 2.25. The van der Waals surface area contributed by atoms with Crippen LogP contribution in [0.25, 0.3) is 10.2 Å². The van der Waals surface area contributed by atoms with Gasteiger partial charge in [-0.25, -0.2) is 4.98 Å². The fraction of sp³-hybridized carbons (Fsp3) is 0.455. The van der Waals surface area contributed by atoms with Crippen molar-refractivity contribution in [2.24, 2.45) is 5.73 Å². The van der Waals surface area contributed by atoms with Crippen molar-refractivity contribution in [3.8, 4) is 0 Å². The Kier molecular flexibility index (Phi) is 6.73. The van der Waals surface area contributed by atoms with E-state index in [2.05, 4.69) is 15.3 Å². The molecule has 32 heavy (non-hydrogen) atoms. The molecule has 0 aliphatic heterocycles. The van der Waals surface area contributed by atoms with Crippen LogP contribution in [0.3, 0.4) is 0 Å². The van der Waals surface area contributed by atoms with Gasteiger partial charge in [-0.2, -0.15) is 0 Å². The van der Waals surface area contributed by atoms with Crippen LogP contribution in [0.15, 0.2) is 4.79 Å². The third-order valence-corrected chi connectivity index (χ3v) is 9.29. The molecule has 3 heterocycles. The van der Waals surface area contributed by atoms with Gasteiger partial charge >= 0.3 is 0 Å². The number of nitrogens with one attached hydrogen (secondary N) is 2. The summed E-state index contributed by atoms with van der Waals surface area (Å²) in [5.74, 6) is 0.269. The smallest absolute Gasteiger partial charge is 0.259 e. The van der Waals surface area contributed by atoms with Crippen molar-refractivity contribution in [1.82, 2.24) is 9.97 Å². The number of thiophene rings is 2. The number of anilines is 1. The Morgan fingerprint density at radius 3 is 2.72 bits per heavy atom. The minimum absolute atomic E-state index is 0.143. The molecule has 0 fully saturated rings. The number of aromatic nitrogens is 2. The number of thioether (sulfide) groups is 1. The van der Waals surface area contributed by atoms with Gasteiger partial charge in [0.05, 0.1) is 22.0 Å². The highest BCUT2D eigenvalue weighted by atomic mass is 32.2. The van der Waals surface area contributed by atoms with Crippen molar-refractivity contribution >= 4 is 61.5 Å². The molecule has 10 heteroatoms.